The number of benzene rings is 1. The van der Waals surface area contributed by atoms with E-state index in [1.807, 2.05) is 4.90 Å². The molecule has 1 aromatic rings. The molecule has 1 aromatic carbocycles. The van der Waals surface area contributed by atoms with Crippen LogP contribution < -0.4 is 4.74 Å². The molecule has 2 fully saturated rings. The van der Waals surface area contributed by atoms with Crippen molar-refractivity contribution in [2.24, 2.45) is 11.8 Å². The van der Waals surface area contributed by atoms with Crippen molar-refractivity contribution in [1.82, 2.24) is 9.80 Å². The predicted octanol–water partition coefficient (Wildman–Crippen LogP) is 3.85. The van der Waals surface area contributed by atoms with Crippen molar-refractivity contribution in [3.05, 3.63) is 29.3 Å². The highest BCUT2D eigenvalue weighted by Crippen LogP contribution is 2.30. The molecule has 0 radical (unpaired) electrons. The zero-order valence-electron chi connectivity index (χ0n) is 17.9. The number of fused-ring (bicyclic) bond motifs is 1. The maximum Gasteiger partial charge on any atom is 0.223 e. The molecule has 1 unspecified atom stereocenters. The van der Waals surface area contributed by atoms with Crippen molar-refractivity contribution in [2.45, 2.75) is 58.0 Å². The van der Waals surface area contributed by atoms with Crippen LogP contribution in [0.5, 0.6) is 5.75 Å². The summed E-state index contributed by atoms with van der Waals surface area (Å²) >= 11 is 0. The first-order valence-corrected chi connectivity index (χ1v) is 11.4. The number of carbonyl (C=O) groups excluding carboxylic acids is 1. The molecule has 0 N–H and O–H groups in total. The average molecular weight is 401 g/mol. The van der Waals surface area contributed by atoms with Crippen LogP contribution in [0.2, 0.25) is 0 Å². The molecule has 0 aromatic heterocycles. The van der Waals surface area contributed by atoms with Crippen LogP contribution in [-0.4, -0.2) is 55.7 Å². The fourth-order valence-electron chi connectivity index (χ4n) is 5.27. The first-order chi connectivity index (χ1) is 14.2. The number of nitrogens with zero attached hydrogens (tertiary/aromatic N) is 2. The lowest BCUT2D eigenvalue weighted by atomic mass is 9.98. The smallest absolute Gasteiger partial charge is 0.223 e. The van der Waals surface area contributed by atoms with E-state index in [1.54, 1.807) is 7.11 Å². The lowest BCUT2D eigenvalue weighted by Crippen LogP contribution is -2.36. The fraction of sp³-hybridized carbons (Fsp3) is 0.708. The highest BCUT2D eigenvalue weighted by atomic mass is 16.5. The van der Waals surface area contributed by atoms with Crippen molar-refractivity contribution < 1.29 is 14.3 Å². The van der Waals surface area contributed by atoms with E-state index in [2.05, 4.69) is 23.1 Å². The summed E-state index contributed by atoms with van der Waals surface area (Å²) < 4.78 is 11.3. The molecule has 0 bridgehead atoms. The number of methoxy groups -OCH3 is 1. The quantitative estimate of drug-likeness (QED) is 0.727. The Morgan fingerprint density at radius 3 is 2.79 bits per heavy atom. The third-order valence-corrected chi connectivity index (χ3v) is 6.81. The lowest BCUT2D eigenvalue weighted by Gasteiger charge is -2.32. The third-order valence-electron chi connectivity index (χ3n) is 6.81. The molecule has 1 aliphatic carbocycles. The molecule has 29 heavy (non-hydrogen) atoms. The van der Waals surface area contributed by atoms with Crippen molar-refractivity contribution in [2.75, 3.05) is 40.0 Å². The van der Waals surface area contributed by atoms with Gasteiger partial charge in [-0.15, -0.1) is 0 Å². The van der Waals surface area contributed by atoms with Crippen molar-refractivity contribution in [1.29, 1.82) is 0 Å². The van der Waals surface area contributed by atoms with E-state index in [9.17, 15) is 4.79 Å². The minimum atomic E-state index is 0.303. The number of hydrogen-bond acceptors (Lipinski definition) is 4. The van der Waals surface area contributed by atoms with Gasteiger partial charge in [0, 0.05) is 38.7 Å². The molecule has 1 amide bonds. The average Bonchev–Trinajstić information content (AvgIpc) is 3.13. The van der Waals surface area contributed by atoms with Gasteiger partial charge in [0.1, 0.15) is 12.4 Å². The van der Waals surface area contributed by atoms with E-state index in [-0.39, 0.29) is 0 Å². The minimum absolute atomic E-state index is 0.303. The molecule has 3 aliphatic rings. The molecule has 1 saturated heterocycles. The maximum absolute atomic E-state index is 12.9. The molecule has 5 heteroatoms. The minimum Gasteiger partial charge on any atom is -0.491 e. The fourth-order valence-corrected chi connectivity index (χ4v) is 5.27. The van der Waals surface area contributed by atoms with Crippen LogP contribution in [0.4, 0.5) is 0 Å². The Hall–Kier alpha value is -1.59. The van der Waals surface area contributed by atoms with Gasteiger partial charge in [0.2, 0.25) is 5.91 Å². The monoisotopic (exact) mass is 400 g/mol. The maximum atomic E-state index is 12.9. The highest BCUT2D eigenvalue weighted by molar-refractivity contribution is 5.76. The summed E-state index contributed by atoms with van der Waals surface area (Å²) in [6.45, 7) is 6.04. The van der Waals surface area contributed by atoms with Gasteiger partial charge < -0.3 is 14.4 Å². The number of ether oxygens (including phenoxy) is 2. The van der Waals surface area contributed by atoms with Crippen LogP contribution in [0.3, 0.4) is 0 Å². The first-order valence-electron chi connectivity index (χ1n) is 11.4. The van der Waals surface area contributed by atoms with Crippen molar-refractivity contribution >= 4 is 5.91 Å². The molecule has 0 spiro atoms. The SMILES string of the molecule is COCC1CCCN(Cc2ccc3c(c2)CN(C(=O)CC2CCCC2)CCO3)C1. The number of rotatable bonds is 6. The molecular weight excluding hydrogens is 364 g/mol. The summed E-state index contributed by atoms with van der Waals surface area (Å²) in [6.07, 6.45) is 8.23. The highest BCUT2D eigenvalue weighted by Gasteiger charge is 2.25. The Labute approximate surface area is 175 Å². The Balaban J connectivity index is 1.39. The van der Waals surface area contributed by atoms with Gasteiger partial charge in [0.25, 0.3) is 0 Å². The molecule has 5 nitrogen and oxygen atoms in total. The van der Waals surface area contributed by atoms with Crippen LogP contribution in [0.25, 0.3) is 0 Å². The van der Waals surface area contributed by atoms with E-state index < -0.39 is 0 Å². The zero-order chi connectivity index (χ0) is 20.1. The normalized spacial score (nSPS) is 23.5. The van der Waals surface area contributed by atoms with Gasteiger partial charge >= 0.3 is 0 Å². The van der Waals surface area contributed by atoms with Crippen LogP contribution in [0.15, 0.2) is 18.2 Å². The van der Waals surface area contributed by atoms with E-state index in [0.717, 1.165) is 37.6 Å². The van der Waals surface area contributed by atoms with Gasteiger partial charge in [0.05, 0.1) is 13.2 Å². The molecule has 4 rings (SSSR count). The van der Waals surface area contributed by atoms with Crippen LogP contribution in [-0.2, 0) is 22.6 Å². The van der Waals surface area contributed by atoms with Crippen LogP contribution in [0, 0.1) is 11.8 Å². The molecule has 2 heterocycles. The summed E-state index contributed by atoms with van der Waals surface area (Å²) in [5, 5.41) is 0. The van der Waals surface area contributed by atoms with Crippen molar-refractivity contribution in [3.63, 3.8) is 0 Å². The Kier molecular flexibility index (Phi) is 7.09. The van der Waals surface area contributed by atoms with Gasteiger partial charge in [-0.2, -0.15) is 0 Å². The number of carbonyl (C=O) groups is 1. The van der Waals surface area contributed by atoms with E-state index in [0.29, 0.717) is 43.9 Å². The van der Waals surface area contributed by atoms with Gasteiger partial charge in [-0.25, -0.2) is 0 Å². The van der Waals surface area contributed by atoms with Crippen molar-refractivity contribution in [3.8, 4) is 5.75 Å². The number of piperidine rings is 1. The largest absolute Gasteiger partial charge is 0.491 e. The van der Waals surface area contributed by atoms with E-state index >= 15 is 0 Å². The molecular formula is C24H36N2O3. The second-order valence-electron chi connectivity index (χ2n) is 9.16. The number of hydrogen-bond donors (Lipinski definition) is 0. The van der Waals surface area contributed by atoms with Gasteiger partial charge in [-0.3, -0.25) is 9.69 Å². The van der Waals surface area contributed by atoms with E-state index in [1.165, 1.54) is 44.1 Å². The van der Waals surface area contributed by atoms with Crippen LogP contribution in [0.1, 0.15) is 56.1 Å². The molecule has 1 saturated carbocycles. The Morgan fingerprint density at radius 2 is 1.97 bits per heavy atom. The number of likely N-dealkylation sites (tertiary alicyclic amines) is 1. The summed E-state index contributed by atoms with van der Waals surface area (Å²) in [6, 6.07) is 6.55. The van der Waals surface area contributed by atoms with Gasteiger partial charge in [-0.1, -0.05) is 18.9 Å². The predicted molar refractivity (Wildman–Crippen MR) is 114 cm³/mol. The summed E-state index contributed by atoms with van der Waals surface area (Å²) in [7, 11) is 1.80. The molecule has 1 atom stereocenters. The van der Waals surface area contributed by atoms with E-state index in [4.69, 9.17) is 9.47 Å². The Bertz CT molecular complexity index is 685. The third kappa shape index (κ3) is 5.52. The second-order valence-corrected chi connectivity index (χ2v) is 9.16. The van der Waals surface area contributed by atoms with Crippen LogP contribution >= 0.6 is 0 Å². The van der Waals surface area contributed by atoms with Gasteiger partial charge in [-0.05, 0) is 61.8 Å². The topological polar surface area (TPSA) is 42.0 Å². The second kappa shape index (κ2) is 9.94. The number of amides is 1. The Morgan fingerprint density at radius 1 is 1.14 bits per heavy atom. The summed E-state index contributed by atoms with van der Waals surface area (Å²) in [5.74, 6) is 2.48. The standard InChI is InChI=1S/C24H36N2O3/c1-28-18-21-7-4-10-25(16-21)15-20-8-9-23-22(13-20)17-26(11-12-29-23)24(27)14-19-5-2-3-6-19/h8-9,13,19,21H,2-7,10-12,14-18H2,1H3. The lowest BCUT2D eigenvalue weighted by molar-refractivity contribution is -0.132. The zero-order valence-corrected chi connectivity index (χ0v) is 17.9. The first kappa shape index (κ1) is 20.7. The molecule has 2 aliphatic heterocycles. The van der Waals surface area contributed by atoms with Gasteiger partial charge in [0.15, 0.2) is 0 Å². The summed E-state index contributed by atoms with van der Waals surface area (Å²) in [5.41, 5.74) is 2.47. The molecule has 160 valence electrons. The summed E-state index contributed by atoms with van der Waals surface area (Å²) in [4.78, 5) is 17.4.